The molecule has 1 atom stereocenters. The lowest BCUT2D eigenvalue weighted by molar-refractivity contribution is -0.114. The second kappa shape index (κ2) is 8.80. The van der Waals surface area contributed by atoms with Gasteiger partial charge in [0.1, 0.15) is 6.04 Å². The number of nitrogens with one attached hydrogen (secondary N) is 2. The molecule has 30 heavy (non-hydrogen) atoms. The summed E-state index contributed by atoms with van der Waals surface area (Å²) in [5.74, 6) is 0.664. The van der Waals surface area contributed by atoms with Crippen LogP contribution in [0.2, 0.25) is 5.02 Å². The predicted molar refractivity (Wildman–Crippen MR) is 117 cm³/mol. The summed E-state index contributed by atoms with van der Waals surface area (Å²) in [5.41, 5.74) is 3.22. The lowest BCUT2D eigenvalue weighted by Gasteiger charge is -2.17. The number of benzene rings is 3. The minimum atomic E-state index is -0.360. The number of rotatable bonds is 6. The van der Waals surface area contributed by atoms with Crippen molar-refractivity contribution >= 4 is 28.9 Å². The van der Waals surface area contributed by atoms with E-state index in [1.54, 1.807) is 6.07 Å². The minimum Gasteiger partial charge on any atom is -0.418 e. The second-order valence-corrected chi connectivity index (χ2v) is 7.08. The third-order valence-corrected chi connectivity index (χ3v) is 4.77. The number of nitrogens with zero attached hydrogens (tertiary/aromatic N) is 2. The van der Waals surface area contributed by atoms with Crippen molar-refractivity contribution in [2.24, 2.45) is 0 Å². The molecular formula is C23H19ClN4O2. The van der Waals surface area contributed by atoms with E-state index < -0.39 is 0 Å². The molecule has 4 aromatic rings. The Kier molecular flexibility index (Phi) is 5.77. The summed E-state index contributed by atoms with van der Waals surface area (Å²) >= 11 is 6.27. The van der Waals surface area contributed by atoms with Crippen molar-refractivity contribution in [2.45, 2.75) is 13.0 Å². The maximum atomic E-state index is 11.2. The van der Waals surface area contributed by atoms with Crippen molar-refractivity contribution in [3.05, 3.63) is 95.3 Å². The Labute approximate surface area is 178 Å². The molecule has 0 aliphatic carbocycles. The van der Waals surface area contributed by atoms with Crippen molar-refractivity contribution in [3.63, 3.8) is 0 Å². The van der Waals surface area contributed by atoms with Crippen molar-refractivity contribution < 1.29 is 9.21 Å². The van der Waals surface area contributed by atoms with Crippen molar-refractivity contribution in [1.82, 2.24) is 10.2 Å². The molecule has 0 spiro atoms. The lowest BCUT2D eigenvalue weighted by Crippen LogP contribution is -2.13. The second-order valence-electron chi connectivity index (χ2n) is 6.67. The minimum absolute atomic E-state index is 0.115. The molecule has 0 saturated carbocycles. The van der Waals surface area contributed by atoms with Crippen LogP contribution in [0.5, 0.6) is 0 Å². The number of hydrogen-bond donors (Lipinski definition) is 2. The third kappa shape index (κ3) is 4.50. The third-order valence-electron chi connectivity index (χ3n) is 4.44. The highest BCUT2D eigenvalue weighted by Crippen LogP contribution is 2.31. The highest BCUT2D eigenvalue weighted by atomic mass is 35.5. The van der Waals surface area contributed by atoms with E-state index in [0.29, 0.717) is 22.4 Å². The van der Waals surface area contributed by atoms with Crippen LogP contribution in [0, 0.1) is 0 Å². The zero-order chi connectivity index (χ0) is 20.9. The van der Waals surface area contributed by atoms with Crippen molar-refractivity contribution in [3.8, 4) is 11.5 Å². The van der Waals surface area contributed by atoms with Gasteiger partial charge in [0.25, 0.3) is 0 Å². The molecule has 1 heterocycles. The zero-order valence-electron chi connectivity index (χ0n) is 16.2. The van der Waals surface area contributed by atoms with E-state index in [0.717, 1.165) is 16.9 Å². The molecule has 0 radical (unpaired) electrons. The Balaban J connectivity index is 1.65. The van der Waals surface area contributed by atoms with Gasteiger partial charge in [-0.1, -0.05) is 54.1 Å². The molecule has 0 aliphatic rings. The van der Waals surface area contributed by atoms with Gasteiger partial charge in [0, 0.05) is 18.3 Å². The number of carbonyl (C=O) groups is 1. The highest BCUT2D eigenvalue weighted by Gasteiger charge is 2.22. The van der Waals surface area contributed by atoms with E-state index in [9.17, 15) is 4.79 Å². The summed E-state index contributed by atoms with van der Waals surface area (Å²) in [6.07, 6.45) is 0. The number of hydrogen-bond acceptors (Lipinski definition) is 5. The van der Waals surface area contributed by atoms with Gasteiger partial charge in [-0.05, 0) is 42.0 Å². The molecule has 0 saturated heterocycles. The molecule has 0 unspecified atom stereocenters. The average Bonchev–Trinajstić information content (AvgIpc) is 3.23. The molecule has 0 aliphatic heterocycles. The van der Waals surface area contributed by atoms with Crippen LogP contribution < -0.4 is 10.6 Å². The first-order valence-corrected chi connectivity index (χ1v) is 9.75. The summed E-state index contributed by atoms with van der Waals surface area (Å²) < 4.78 is 5.99. The van der Waals surface area contributed by atoms with Crippen LogP contribution in [-0.2, 0) is 4.79 Å². The molecule has 1 aromatic heterocycles. The van der Waals surface area contributed by atoms with E-state index >= 15 is 0 Å². The van der Waals surface area contributed by atoms with E-state index in [1.165, 1.54) is 6.92 Å². The maximum absolute atomic E-state index is 11.2. The van der Waals surface area contributed by atoms with Gasteiger partial charge < -0.3 is 15.1 Å². The predicted octanol–water partition coefficient (Wildman–Crippen LogP) is 5.55. The number of amides is 1. The normalized spacial score (nSPS) is 11.7. The van der Waals surface area contributed by atoms with Gasteiger partial charge in [0.2, 0.25) is 17.7 Å². The summed E-state index contributed by atoms with van der Waals surface area (Å²) in [6.45, 7) is 1.48. The Hall–Kier alpha value is -3.64. The van der Waals surface area contributed by atoms with Crippen molar-refractivity contribution in [1.29, 1.82) is 0 Å². The zero-order valence-corrected chi connectivity index (χ0v) is 16.9. The first-order chi connectivity index (χ1) is 14.6. The van der Waals surface area contributed by atoms with Gasteiger partial charge in [-0.3, -0.25) is 4.79 Å². The first-order valence-electron chi connectivity index (χ1n) is 9.37. The first kappa shape index (κ1) is 19.7. The Morgan fingerprint density at radius 3 is 2.27 bits per heavy atom. The van der Waals surface area contributed by atoms with E-state index in [2.05, 4.69) is 20.8 Å². The van der Waals surface area contributed by atoms with Gasteiger partial charge in [-0.15, -0.1) is 10.2 Å². The quantitative estimate of drug-likeness (QED) is 0.429. The maximum Gasteiger partial charge on any atom is 0.249 e. The monoisotopic (exact) mass is 418 g/mol. The van der Waals surface area contributed by atoms with Crippen LogP contribution >= 0.6 is 11.6 Å². The number of anilines is 2. The highest BCUT2D eigenvalue weighted by molar-refractivity contribution is 6.33. The smallest absolute Gasteiger partial charge is 0.249 e. The SMILES string of the molecule is CC(=O)Nc1ccc(N[C@@H](c2ccccc2)c2nnc(-c3ccccc3Cl)o2)cc1. The molecular weight excluding hydrogens is 400 g/mol. The van der Waals surface area contributed by atoms with Crippen molar-refractivity contribution in [2.75, 3.05) is 10.6 Å². The molecule has 150 valence electrons. The van der Waals surface area contributed by atoms with E-state index in [-0.39, 0.29) is 11.9 Å². The van der Waals surface area contributed by atoms with Crippen LogP contribution in [0.25, 0.3) is 11.5 Å². The molecule has 0 fully saturated rings. The fourth-order valence-corrected chi connectivity index (χ4v) is 3.26. The Morgan fingerprint density at radius 2 is 1.57 bits per heavy atom. The summed E-state index contributed by atoms with van der Waals surface area (Å²) in [5, 5.41) is 15.2. The van der Waals surface area contributed by atoms with Gasteiger partial charge in [0.15, 0.2) is 0 Å². The van der Waals surface area contributed by atoms with Crippen LogP contribution in [-0.4, -0.2) is 16.1 Å². The van der Waals surface area contributed by atoms with Gasteiger partial charge in [-0.2, -0.15) is 0 Å². The van der Waals surface area contributed by atoms with Gasteiger partial charge >= 0.3 is 0 Å². The van der Waals surface area contributed by atoms with Crippen LogP contribution in [0.1, 0.15) is 24.4 Å². The fraction of sp³-hybridized carbons (Fsp3) is 0.0870. The van der Waals surface area contributed by atoms with Crippen LogP contribution in [0.3, 0.4) is 0 Å². The van der Waals surface area contributed by atoms with Gasteiger partial charge in [-0.25, -0.2) is 0 Å². The molecule has 1 amide bonds. The van der Waals surface area contributed by atoms with Crippen LogP contribution in [0.15, 0.2) is 83.3 Å². The lowest BCUT2D eigenvalue weighted by atomic mass is 10.1. The van der Waals surface area contributed by atoms with E-state index in [1.807, 2.05) is 72.8 Å². The average molecular weight is 419 g/mol. The molecule has 4 rings (SSSR count). The van der Waals surface area contributed by atoms with Gasteiger partial charge in [0.05, 0.1) is 10.6 Å². The Morgan fingerprint density at radius 1 is 0.900 bits per heavy atom. The number of aromatic nitrogens is 2. The fourth-order valence-electron chi connectivity index (χ4n) is 3.05. The molecule has 0 bridgehead atoms. The summed E-state index contributed by atoms with van der Waals surface area (Å²) in [7, 11) is 0. The number of halogens is 1. The number of carbonyl (C=O) groups excluding carboxylic acids is 1. The molecule has 2 N–H and O–H groups in total. The standard InChI is InChI=1S/C23H19ClN4O2/c1-15(29)25-17-11-13-18(14-12-17)26-21(16-7-3-2-4-8-16)23-28-27-22(30-23)19-9-5-6-10-20(19)24/h2-14,21,26H,1H3,(H,25,29)/t21-/m0/s1. The summed E-state index contributed by atoms with van der Waals surface area (Å²) in [6, 6.07) is 24.2. The largest absolute Gasteiger partial charge is 0.418 e. The molecule has 6 nitrogen and oxygen atoms in total. The van der Waals surface area contributed by atoms with E-state index in [4.69, 9.17) is 16.0 Å². The molecule has 3 aromatic carbocycles. The van der Waals surface area contributed by atoms with Crippen LogP contribution in [0.4, 0.5) is 11.4 Å². The topological polar surface area (TPSA) is 80.0 Å². The molecule has 7 heteroatoms. The summed E-state index contributed by atoms with van der Waals surface area (Å²) in [4.78, 5) is 11.2. The Bertz CT molecular complexity index is 1140.